The molecule has 0 bridgehead atoms. The maximum Gasteiger partial charge on any atom is 0.325 e. The lowest BCUT2D eigenvalue weighted by Crippen LogP contribution is -2.44. The molecule has 11 heteroatoms. The molecule has 3 fully saturated rings. The normalized spacial score (nSPS) is 21.2. The molecule has 3 aliphatic rings. The lowest BCUT2D eigenvalue weighted by atomic mass is 9.98. The highest BCUT2D eigenvalue weighted by Crippen LogP contribution is 2.35. The summed E-state index contributed by atoms with van der Waals surface area (Å²) in [6.07, 6.45) is 3.60. The zero-order valence-corrected chi connectivity index (χ0v) is 18.7. The smallest absolute Gasteiger partial charge is 0.325 e. The Bertz CT molecular complexity index is 999. The maximum absolute atomic E-state index is 12.8. The van der Waals surface area contributed by atoms with E-state index in [1.54, 1.807) is 12.1 Å². The highest BCUT2D eigenvalue weighted by molar-refractivity contribution is 7.89. The van der Waals surface area contributed by atoms with Crippen LogP contribution in [0.4, 0.5) is 10.5 Å². The number of hydrogen-bond acceptors (Lipinski definition) is 6. The van der Waals surface area contributed by atoms with Gasteiger partial charge in [0.15, 0.2) is 0 Å². The number of imide groups is 1. The van der Waals surface area contributed by atoms with Crippen molar-refractivity contribution in [2.24, 2.45) is 0 Å². The fraction of sp³-hybridized carbons (Fsp3) is 0.571. The number of carbonyl (C=O) groups excluding carboxylic acids is 3. The number of hydrogen-bond donors (Lipinski definition) is 2. The minimum absolute atomic E-state index is 0.102. The molecule has 2 heterocycles. The largest absolute Gasteiger partial charge is 0.379 e. The minimum Gasteiger partial charge on any atom is -0.379 e. The molecule has 2 N–H and O–H groups in total. The summed E-state index contributed by atoms with van der Waals surface area (Å²) < 4.78 is 32.2. The van der Waals surface area contributed by atoms with Gasteiger partial charge in [0.25, 0.3) is 5.91 Å². The Morgan fingerprint density at radius 3 is 2.59 bits per heavy atom. The number of urea groups is 1. The quantitative estimate of drug-likeness (QED) is 0.586. The number of ether oxygens (including phenoxy) is 1. The first-order valence-corrected chi connectivity index (χ1v) is 12.4. The van der Waals surface area contributed by atoms with Crippen molar-refractivity contribution in [1.29, 1.82) is 0 Å². The molecular weight excluding hydrogens is 436 g/mol. The van der Waals surface area contributed by atoms with Gasteiger partial charge in [-0.1, -0.05) is 18.9 Å². The zero-order valence-electron chi connectivity index (χ0n) is 17.8. The average molecular weight is 465 g/mol. The van der Waals surface area contributed by atoms with Crippen molar-refractivity contribution in [2.45, 2.75) is 49.0 Å². The van der Waals surface area contributed by atoms with Crippen molar-refractivity contribution in [3.05, 3.63) is 24.3 Å². The summed E-state index contributed by atoms with van der Waals surface area (Å²) in [5.74, 6) is -0.505. The van der Waals surface area contributed by atoms with Gasteiger partial charge in [-0.3, -0.25) is 14.5 Å². The van der Waals surface area contributed by atoms with Crippen LogP contribution in [0.25, 0.3) is 0 Å². The highest BCUT2D eigenvalue weighted by atomic mass is 32.2. The summed E-state index contributed by atoms with van der Waals surface area (Å²) in [5.41, 5.74) is -0.365. The van der Waals surface area contributed by atoms with E-state index in [1.165, 1.54) is 21.3 Å². The van der Waals surface area contributed by atoms with Crippen molar-refractivity contribution in [3.63, 3.8) is 0 Å². The molecule has 2 saturated heterocycles. The van der Waals surface area contributed by atoms with E-state index >= 15 is 0 Å². The molecular formula is C21H28N4O6S. The zero-order chi connectivity index (χ0) is 22.8. The number of anilines is 1. The van der Waals surface area contributed by atoms with E-state index in [0.717, 1.165) is 12.8 Å². The SMILES string of the molecule is O=C(CCCN1C(=O)NC2(CCCC2)C1=O)Nc1cccc(S(=O)(=O)N2CCOCC2)c1. The second kappa shape index (κ2) is 9.16. The molecule has 1 aromatic rings. The van der Waals surface area contributed by atoms with Crippen LogP contribution in [-0.4, -0.2) is 73.9 Å². The number of nitrogens with zero attached hydrogens (tertiary/aromatic N) is 2. The Morgan fingerprint density at radius 1 is 1.16 bits per heavy atom. The van der Waals surface area contributed by atoms with Gasteiger partial charge >= 0.3 is 6.03 Å². The predicted molar refractivity (Wildman–Crippen MR) is 115 cm³/mol. The fourth-order valence-electron chi connectivity index (χ4n) is 4.49. The fourth-order valence-corrected chi connectivity index (χ4v) is 5.94. The van der Waals surface area contributed by atoms with Crippen LogP contribution in [0, 0.1) is 0 Å². The monoisotopic (exact) mass is 464 g/mol. The standard InChI is InChI=1S/C21H28N4O6S/c26-18(7-4-10-25-19(27)21(23-20(25)28)8-1-2-9-21)22-16-5-3-6-17(15-16)32(29,30)24-11-13-31-14-12-24/h3,5-6,15H,1-2,4,7-14H2,(H,22,26)(H,23,28). The molecule has 4 amide bonds. The van der Waals surface area contributed by atoms with Crippen molar-refractivity contribution in [3.8, 4) is 0 Å². The van der Waals surface area contributed by atoms with Crippen LogP contribution < -0.4 is 10.6 Å². The van der Waals surface area contributed by atoms with E-state index in [2.05, 4.69) is 10.6 Å². The summed E-state index contributed by atoms with van der Waals surface area (Å²) in [6.45, 7) is 1.47. The summed E-state index contributed by atoms with van der Waals surface area (Å²) >= 11 is 0. The van der Waals surface area contributed by atoms with E-state index in [0.29, 0.717) is 51.3 Å². The van der Waals surface area contributed by atoms with Gasteiger partial charge < -0.3 is 15.4 Å². The Hall–Kier alpha value is -2.50. The van der Waals surface area contributed by atoms with Crippen LogP contribution in [0.15, 0.2) is 29.2 Å². The van der Waals surface area contributed by atoms with Gasteiger partial charge in [0.1, 0.15) is 5.54 Å². The number of benzene rings is 1. The summed E-state index contributed by atoms with van der Waals surface area (Å²) in [5, 5.41) is 5.53. The topological polar surface area (TPSA) is 125 Å². The predicted octanol–water partition coefficient (Wildman–Crippen LogP) is 1.29. The summed E-state index contributed by atoms with van der Waals surface area (Å²) in [4.78, 5) is 38.5. The molecule has 0 aromatic heterocycles. The molecule has 0 unspecified atom stereocenters. The number of rotatable bonds is 7. The van der Waals surface area contributed by atoms with Gasteiger partial charge in [-0.2, -0.15) is 4.31 Å². The maximum atomic E-state index is 12.8. The van der Waals surface area contributed by atoms with Gasteiger partial charge in [0.05, 0.1) is 18.1 Å². The van der Waals surface area contributed by atoms with Crippen molar-refractivity contribution in [1.82, 2.24) is 14.5 Å². The van der Waals surface area contributed by atoms with Crippen LogP contribution in [0.2, 0.25) is 0 Å². The molecule has 1 aromatic carbocycles. The van der Waals surface area contributed by atoms with Gasteiger partial charge in [-0.25, -0.2) is 13.2 Å². The number of carbonyl (C=O) groups is 3. The molecule has 1 spiro atoms. The molecule has 32 heavy (non-hydrogen) atoms. The molecule has 0 radical (unpaired) electrons. The van der Waals surface area contributed by atoms with Crippen LogP contribution in [0.3, 0.4) is 0 Å². The first kappa shape index (κ1) is 22.7. The lowest BCUT2D eigenvalue weighted by Gasteiger charge is -2.26. The number of amides is 4. The third-order valence-electron chi connectivity index (χ3n) is 6.21. The van der Waals surface area contributed by atoms with Crippen LogP contribution in [-0.2, 0) is 24.3 Å². The Balaban J connectivity index is 1.30. The van der Waals surface area contributed by atoms with Crippen molar-refractivity contribution >= 4 is 33.6 Å². The van der Waals surface area contributed by atoms with Crippen LogP contribution in [0.5, 0.6) is 0 Å². The van der Waals surface area contributed by atoms with Crippen molar-refractivity contribution in [2.75, 3.05) is 38.2 Å². The molecule has 2 aliphatic heterocycles. The highest BCUT2D eigenvalue weighted by Gasteiger charge is 2.52. The van der Waals surface area contributed by atoms with Crippen LogP contribution in [0.1, 0.15) is 38.5 Å². The van der Waals surface area contributed by atoms with Crippen LogP contribution >= 0.6 is 0 Å². The Morgan fingerprint density at radius 2 is 1.88 bits per heavy atom. The Kier molecular flexibility index (Phi) is 6.50. The summed E-state index contributed by atoms with van der Waals surface area (Å²) in [7, 11) is -3.66. The van der Waals surface area contributed by atoms with E-state index in [9.17, 15) is 22.8 Å². The Labute approximate surface area is 187 Å². The summed E-state index contributed by atoms with van der Waals surface area (Å²) in [6, 6.07) is 5.74. The minimum atomic E-state index is -3.66. The second-order valence-electron chi connectivity index (χ2n) is 8.37. The van der Waals surface area contributed by atoms with Gasteiger partial charge in [0, 0.05) is 31.7 Å². The molecule has 10 nitrogen and oxygen atoms in total. The third kappa shape index (κ3) is 4.50. The first-order chi connectivity index (χ1) is 15.3. The van der Waals surface area contributed by atoms with E-state index < -0.39 is 21.6 Å². The van der Waals surface area contributed by atoms with Gasteiger partial charge in [-0.05, 0) is 37.5 Å². The lowest BCUT2D eigenvalue weighted by molar-refractivity contribution is -0.131. The van der Waals surface area contributed by atoms with E-state index in [-0.39, 0.29) is 29.7 Å². The van der Waals surface area contributed by atoms with E-state index in [4.69, 9.17) is 4.74 Å². The van der Waals surface area contributed by atoms with Crippen molar-refractivity contribution < 1.29 is 27.5 Å². The first-order valence-electron chi connectivity index (χ1n) is 10.9. The molecule has 4 rings (SSSR count). The van der Waals surface area contributed by atoms with Gasteiger partial charge in [0.2, 0.25) is 15.9 Å². The molecule has 174 valence electrons. The number of morpholine rings is 1. The second-order valence-corrected chi connectivity index (χ2v) is 10.3. The number of nitrogens with one attached hydrogen (secondary N) is 2. The van der Waals surface area contributed by atoms with E-state index in [1.807, 2.05) is 0 Å². The third-order valence-corrected chi connectivity index (χ3v) is 8.11. The molecule has 1 aliphatic carbocycles. The van der Waals surface area contributed by atoms with Gasteiger partial charge in [-0.15, -0.1) is 0 Å². The molecule has 0 atom stereocenters. The molecule has 1 saturated carbocycles. The number of sulfonamides is 1. The average Bonchev–Trinajstić information content (AvgIpc) is 3.34.